The summed E-state index contributed by atoms with van der Waals surface area (Å²) in [5.41, 5.74) is 0.950. The molecule has 2 amide bonds. The third kappa shape index (κ3) is 5.38. The lowest BCUT2D eigenvalue weighted by molar-refractivity contribution is -0.384. The number of nitrogens with zero attached hydrogens (tertiary/aromatic N) is 3. The molecule has 0 spiro atoms. The fraction of sp³-hybridized carbons (Fsp3) is 0.0741. The minimum Gasteiger partial charge on any atom is -0.317 e. The number of anilines is 1. The van der Waals surface area contributed by atoms with E-state index < -0.39 is 22.3 Å². The Morgan fingerprint density at radius 3 is 2.24 bits per heavy atom. The number of non-ortho nitro benzene ring substituents is 1. The summed E-state index contributed by atoms with van der Waals surface area (Å²) in [6.07, 6.45) is 1.32. The van der Waals surface area contributed by atoms with Crippen molar-refractivity contribution in [1.29, 1.82) is 0 Å². The number of carbonyl (C=O) groups excluding carboxylic acids is 2. The second-order valence-corrected chi connectivity index (χ2v) is 8.12. The van der Waals surface area contributed by atoms with E-state index >= 15 is 0 Å². The number of rotatable bonds is 7. The van der Waals surface area contributed by atoms with Gasteiger partial charge < -0.3 is 10.6 Å². The molecule has 0 aliphatic rings. The number of aromatic nitrogens is 2. The molecule has 0 saturated heterocycles. The summed E-state index contributed by atoms with van der Waals surface area (Å²) >= 11 is 0. The van der Waals surface area contributed by atoms with E-state index in [1.54, 1.807) is 79.3 Å². The van der Waals surface area contributed by atoms with Crippen LogP contribution in [-0.4, -0.2) is 26.1 Å². The Morgan fingerprint density at radius 2 is 1.59 bits per heavy atom. The van der Waals surface area contributed by atoms with Gasteiger partial charge in [0.2, 0.25) is 0 Å². The number of amides is 2. The molecule has 3 aromatic carbocycles. The fourth-order valence-corrected chi connectivity index (χ4v) is 3.73. The number of nitro groups is 1. The van der Waals surface area contributed by atoms with Gasteiger partial charge in [0.15, 0.2) is 0 Å². The van der Waals surface area contributed by atoms with Crippen molar-refractivity contribution in [3.05, 3.63) is 128 Å². The molecule has 10 nitrogen and oxygen atoms in total. The van der Waals surface area contributed by atoms with Gasteiger partial charge in [0.25, 0.3) is 23.1 Å². The Bertz CT molecular complexity index is 1570. The highest BCUT2D eigenvalue weighted by Crippen LogP contribution is 2.18. The molecule has 1 heterocycles. The molecule has 0 unspecified atom stereocenters. The first-order valence-electron chi connectivity index (χ1n) is 11.2. The van der Waals surface area contributed by atoms with Crippen molar-refractivity contribution in [2.24, 2.45) is 7.05 Å². The molecule has 0 fully saturated rings. The lowest BCUT2D eigenvalue weighted by Gasteiger charge is -2.11. The van der Waals surface area contributed by atoms with Gasteiger partial charge in [-0.2, -0.15) is 0 Å². The molecule has 0 saturated carbocycles. The van der Waals surface area contributed by atoms with Gasteiger partial charge in [-0.15, -0.1) is 0 Å². The van der Waals surface area contributed by atoms with Crippen molar-refractivity contribution in [2.45, 2.75) is 6.92 Å². The number of hydrogen-bond acceptors (Lipinski definition) is 5. The second kappa shape index (κ2) is 10.6. The van der Waals surface area contributed by atoms with Gasteiger partial charge in [-0.25, -0.2) is 4.68 Å². The minimum atomic E-state index is -0.762. The summed E-state index contributed by atoms with van der Waals surface area (Å²) in [7, 11) is 1.69. The summed E-state index contributed by atoms with van der Waals surface area (Å²) in [5, 5.41) is 16.4. The Kier molecular flexibility index (Phi) is 7.10. The van der Waals surface area contributed by atoms with Gasteiger partial charge in [0.05, 0.1) is 16.3 Å². The average Bonchev–Trinajstić information content (AvgIpc) is 3.12. The molecule has 0 aliphatic heterocycles. The molecule has 2 N–H and O–H groups in total. The molecular formula is C27H23N5O5. The monoisotopic (exact) mass is 497 g/mol. The van der Waals surface area contributed by atoms with Gasteiger partial charge >= 0.3 is 0 Å². The van der Waals surface area contributed by atoms with Crippen LogP contribution in [0.2, 0.25) is 0 Å². The standard InChI is InChI=1S/C27H23N5O5/c1-18-24(27(35)31(30(18)2)21-13-7-4-8-14-21)29-26(34)23(28-25(33)20-11-5-3-6-12-20)17-19-10-9-15-22(16-19)32(36)37/h3-17H,1-2H3,(H,28,33)(H,29,34). The highest BCUT2D eigenvalue weighted by atomic mass is 16.6. The highest BCUT2D eigenvalue weighted by Gasteiger charge is 2.21. The van der Waals surface area contributed by atoms with Crippen LogP contribution in [0, 0.1) is 17.0 Å². The molecule has 186 valence electrons. The Hall–Kier alpha value is -5.25. The van der Waals surface area contributed by atoms with Crippen molar-refractivity contribution in [3.8, 4) is 5.69 Å². The van der Waals surface area contributed by atoms with E-state index in [4.69, 9.17) is 0 Å². The highest BCUT2D eigenvalue weighted by molar-refractivity contribution is 6.10. The van der Waals surface area contributed by atoms with Crippen LogP contribution in [0.1, 0.15) is 21.6 Å². The maximum absolute atomic E-state index is 13.4. The van der Waals surface area contributed by atoms with E-state index in [1.807, 2.05) is 6.07 Å². The zero-order valence-corrected chi connectivity index (χ0v) is 20.0. The Morgan fingerprint density at radius 1 is 0.946 bits per heavy atom. The lowest BCUT2D eigenvalue weighted by Crippen LogP contribution is -2.32. The normalized spacial score (nSPS) is 11.1. The average molecular weight is 498 g/mol. The smallest absolute Gasteiger partial charge is 0.295 e. The van der Waals surface area contributed by atoms with Crippen molar-refractivity contribution in [1.82, 2.24) is 14.7 Å². The van der Waals surface area contributed by atoms with Crippen molar-refractivity contribution < 1.29 is 14.5 Å². The lowest BCUT2D eigenvalue weighted by atomic mass is 10.1. The molecule has 0 radical (unpaired) electrons. The van der Waals surface area contributed by atoms with E-state index in [1.165, 1.54) is 29.0 Å². The van der Waals surface area contributed by atoms with Crippen molar-refractivity contribution in [3.63, 3.8) is 0 Å². The molecule has 4 aromatic rings. The quantitative estimate of drug-likeness (QED) is 0.228. The van der Waals surface area contributed by atoms with Gasteiger partial charge in [-0.3, -0.25) is 29.2 Å². The van der Waals surface area contributed by atoms with Crippen LogP contribution in [0.5, 0.6) is 0 Å². The number of benzene rings is 3. The predicted octanol–water partition coefficient (Wildman–Crippen LogP) is 3.80. The van der Waals surface area contributed by atoms with Crippen LogP contribution < -0.4 is 16.2 Å². The van der Waals surface area contributed by atoms with Crippen molar-refractivity contribution >= 4 is 29.3 Å². The molecular weight excluding hydrogens is 474 g/mol. The van der Waals surface area contributed by atoms with Gasteiger partial charge in [0.1, 0.15) is 11.4 Å². The molecule has 1 aromatic heterocycles. The Balaban J connectivity index is 1.72. The first-order valence-corrected chi connectivity index (χ1v) is 11.2. The SMILES string of the molecule is Cc1c(NC(=O)C(=Cc2cccc([N+](=O)[O-])c2)NC(=O)c2ccccc2)c(=O)n(-c2ccccc2)n1C. The maximum Gasteiger partial charge on any atom is 0.295 e. The van der Waals surface area contributed by atoms with E-state index in [0.717, 1.165) is 0 Å². The zero-order chi connectivity index (χ0) is 26.5. The molecule has 0 bridgehead atoms. The van der Waals surface area contributed by atoms with Gasteiger partial charge in [-0.05, 0) is 42.8 Å². The van der Waals surface area contributed by atoms with Crippen LogP contribution in [0.15, 0.2) is 95.4 Å². The summed E-state index contributed by atoms with van der Waals surface area (Å²) in [5.74, 6) is -1.32. The van der Waals surface area contributed by atoms with E-state index in [9.17, 15) is 24.5 Å². The summed E-state index contributed by atoms with van der Waals surface area (Å²) in [6.45, 7) is 1.68. The van der Waals surface area contributed by atoms with Crippen LogP contribution in [0.4, 0.5) is 11.4 Å². The number of nitro benzene ring substituents is 1. The topological polar surface area (TPSA) is 128 Å². The van der Waals surface area contributed by atoms with Crippen molar-refractivity contribution in [2.75, 3.05) is 5.32 Å². The molecule has 0 atom stereocenters. The first kappa shape index (κ1) is 24.9. The fourth-order valence-electron chi connectivity index (χ4n) is 3.73. The third-order valence-corrected chi connectivity index (χ3v) is 5.71. The second-order valence-electron chi connectivity index (χ2n) is 8.12. The number of hydrogen-bond donors (Lipinski definition) is 2. The predicted molar refractivity (Wildman–Crippen MR) is 139 cm³/mol. The van der Waals surface area contributed by atoms with Crippen LogP contribution in [-0.2, 0) is 11.8 Å². The third-order valence-electron chi connectivity index (χ3n) is 5.71. The Labute approximate surface area is 211 Å². The van der Waals surface area contributed by atoms with Crippen LogP contribution in [0.3, 0.4) is 0 Å². The molecule has 0 aliphatic carbocycles. The van der Waals surface area contributed by atoms with E-state index in [0.29, 0.717) is 22.5 Å². The van der Waals surface area contributed by atoms with Crippen LogP contribution in [0.25, 0.3) is 11.8 Å². The first-order chi connectivity index (χ1) is 17.8. The summed E-state index contributed by atoms with van der Waals surface area (Å²) in [4.78, 5) is 50.1. The van der Waals surface area contributed by atoms with Gasteiger partial charge in [0, 0.05) is 24.7 Å². The van der Waals surface area contributed by atoms with E-state index in [-0.39, 0.29) is 17.1 Å². The van der Waals surface area contributed by atoms with Crippen LogP contribution >= 0.6 is 0 Å². The van der Waals surface area contributed by atoms with Gasteiger partial charge in [-0.1, -0.05) is 48.5 Å². The molecule has 10 heteroatoms. The number of para-hydroxylation sites is 1. The minimum absolute atomic E-state index is 0.0373. The molecule has 4 rings (SSSR count). The maximum atomic E-state index is 13.4. The summed E-state index contributed by atoms with van der Waals surface area (Å²) < 4.78 is 3.03. The molecule has 37 heavy (non-hydrogen) atoms. The zero-order valence-electron chi connectivity index (χ0n) is 20.0. The largest absolute Gasteiger partial charge is 0.317 e. The number of carbonyl (C=O) groups is 2. The van der Waals surface area contributed by atoms with E-state index in [2.05, 4.69) is 10.6 Å². The number of nitrogens with one attached hydrogen (secondary N) is 2. The summed E-state index contributed by atoms with van der Waals surface area (Å²) in [6, 6.07) is 22.8.